The Kier molecular flexibility index (Phi) is 15.2. The third-order valence-electron chi connectivity index (χ3n) is 1.99. The second kappa shape index (κ2) is 14.6. The average Bonchev–Trinajstić information content (AvgIpc) is 2.26. The van der Waals surface area contributed by atoms with Gasteiger partial charge < -0.3 is 9.47 Å². The Hall–Kier alpha value is 0.620. The molecule has 0 saturated carbocycles. The van der Waals surface area contributed by atoms with Crippen LogP contribution in [0.3, 0.4) is 0 Å². The highest BCUT2D eigenvalue weighted by Crippen LogP contribution is 2.07. The molecule has 0 unspecified atom stereocenters. The molecule has 15 heavy (non-hydrogen) atoms. The molecule has 0 aliphatic heterocycles. The van der Waals surface area contributed by atoms with Gasteiger partial charge in [-0.05, 0) is 18.6 Å². The molecule has 0 aliphatic rings. The number of thiol groups is 1. The van der Waals surface area contributed by atoms with Crippen LogP contribution in [0.2, 0.25) is 0 Å². The maximum absolute atomic E-state index is 5.33. The summed E-state index contributed by atoms with van der Waals surface area (Å²) >= 11 is 6.06. The van der Waals surface area contributed by atoms with Gasteiger partial charge in [-0.25, -0.2) is 0 Å². The van der Waals surface area contributed by atoms with E-state index in [2.05, 4.69) is 12.6 Å². The lowest BCUT2D eigenvalue weighted by Crippen LogP contribution is -2.00. The molecule has 0 bridgehead atoms. The molecule has 0 saturated heterocycles. The van der Waals surface area contributed by atoms with Gasteiger partial charge in [0.1, 0.15) is 0 Å². The third kappa shape index (κ3) is 14.6. The lowest BCUT2D eigenvalue weighted by molar-refractivity contribution is 0.167. The Balaban J connectivity index is 2.81. The van der Waals surface area contributed by atoms with E-state index in [4.69, 9.17) is 9.47 Å². The van der Waals surface area contributed by atoms with Gasteiger partial charge in [-0.15, -0.1) is 0 Å². The maximum Gasteiger partial charge on any atom is 0.0557 e. The summed E-state index contributed by atoms with van der Waals surface area (Å²) in [5, 5.41) is 0. The van der Waals surface area contributed by atoms with Crippen LogP contribution in [0.1, 0.15) is 25.7 Å². The van der Waals surface area contributed by atoms with Crippen LogP contribution >= 0.6 is 24.4 Å². The fourth-order valence-electron chi connectivity index (χ4n) is 1.19. The number of unbranched alkanes of at least 4 members (excludes halogenated alkanes) is 3. The van der Waals surface area contributed by atoms with Gasteiger partial charge >= 0.3 is 0 Å². The van der Waals surface area contributed by atoms with Gasteiger partial charge in [0.05, 0.1) is 13.2 Å². The molecule has 0 aliphatic carbocycles. The van der Waals surface area contributed by atoms with Crippen molar-refractivity contribution in [2.75, 3.05) is 44.2 Å². The molecule has 0 rings (SSSR count). The zero-order valence-electron chi connectivity index (χ0n) is 9.74. The van der Waals surface area contributed by atoms with Gasteiger partial charge in [-0.2, -0.15) is 24.4 Å². The van der Waals surface area contributed by atoms with Crippen molar-refractivity contribution in [3.8, 4) is 0 Å². The van der Waals surface area contributed by atoms with E-state index in [9.17, 15) is 0 Å². The minimum absolute atomic E-state index is 0.778. The summed E-state index contributed by atoms with van der Waals surface area (Å²) in [4.78, 5) is 0. The first-order valence-electron chi connectivity index (χ1n) is 5.67. The summed E-state index contributed by atoms with van der Waals surface area (Å²) < 4.78 is 10.3. The number of methoxy groups -OCH3 is 1. The number of rotatable bonds is 12. The molecule has 0 heterocycles. The number of thioether (sulfide) groups is 1. The molecular formula is C11H24O2S2. The highest BCUT2D eigenvalue weighted by atomic mass is 32.2. The van der Waals surface area contributed by atoms with Gasteiger partial charge in [0.15, 0.2) is 0 Å². The molecule has 0 aromatic heterocycles. The highest BCUT2D eigenvalue weighted by molar-refractivity contribution is 7.99. The van der Waals surface area contributed by atoms with Crippen molar-refractivity contribution in [2.45, 2.75) is 25.7 Å². The molecule has 4 heteroatoms. The van der Waals surface area contributed by atoms with Gasteiger partial charge in [-0.1, -0.05) is 12.8 Å². The summed E-state index contributed by atoms with van der Waals surface area (Å²) in [5.74, 6) is 3.20. The second-order valence-corrected chi connectivity index (χ2v) is 5.03. The van der Waals surface area contributed by atoms with Crippen molar-refractivity contribution in [2.24, 2.45) is 0 Å². The fraction of sp³-hybridized carbons (Fsp3) is 1.00. The number of ether oxygens (including phenoxy) is 2. The van der Waals surface area contributed by atoms with E-state index in [1.807, 2.05) is 11.8 Å². The van der Waals surface area contributed by atoms with Gasteiger partial charge in [0.25, 0.3) is 0 Å². The molecule has 0 N–H and O–H groups in total. The van der Waals surface area contributed by atoms with Crippen molar-refractivity contribution in [3.63, 3.8) is 0 Å². The SMILES string of the molecule is COCCCCCCSCCOCCS. The smallest absolute Gasteiger partial charge is 0.0557 e. The van der Waals surface area contributed by atoms with E-state index in [1.165, 1.54) is 31.4 Å². The zero-order chi connectivity index (χ0) is 11.2. The molecule has 0 atom stereocenters. The van der Waals surface area contributed by atoms with Crippen molar-refractivity contribution < 1.29 is 9.47 Å². The monoisotopic (exact) mass is 252 g/mol. The van der Waals surface area contributed by atoms with Crippen LogP contribution in [0.15, 0.2) is 0 Å². The summed E-state index contributed by atoms with van der Waals surface area (Å²) in [6, 6.07) is 0. The summed E-state index contributed by atoms with van der Waals surface area (Å²) in [7, 11) is 1.76. The van der Waals surface area contributed by atoms with Crippen molar-refractivity contribution in [3.05, 3.63) is 0 Å². The Labute approximate surface area is 104 Å². The molecule has 0 aromatic carbocycles. The highest BCUT2D eigenvalue weighted by Gasteiger charge is 1.92. The van der Waals surface area contributed by atoms with Gasteiger partial charge in [0, 0.05) is 25.2 Å². The third-order valence-corrected chi connectivity index (χ3v) is 3.21. The molecule has 0 spiro atoms. The number of hydrogen-bond acceptors (Lipinski definition) is 4. The molecule has 92 valence electrons. The predicted molar refractivity (Wildman–Crippen MR) is 72.3 cm³/mol. The van der Waals surface area contributed by atoms with Crippen LogP contribution in [-0.4, -0.2) is 44.2 Å². The van der Waals surface area contributed by atoms with Crippen LogP contribution in [0, 0.1) is 0 Å². The first kappa shape index (κ1) is 15.6. The van der Waals surface area contributed by atoms with Crippen LogP contribution in [0.4, 0.5) is 0 Å². The molecular weight excluding hydrogens is 228 g/mol. The van der Waals surface area contributed by atoms with Gasteiger partial charge in [-0.3, -0.25) is 0 Å². The molecule has 0 amide bonds. The topological polar surface area (TPSA) is 18.5 Å². The maximum atomic E-state index is 5.33. The first-order chi connectivity index (χ1) is 7.41. The van der Waals surface area contributed by atoms with Crippen LogP contribution in [0.25, 0.3) is 0 Å². The van der Waals surface area contributed by atoms with E-state index in [0.29, 0.717) is 0 Å². The van der Waals surface area contributed by atoms with Crippen molar-refractivity contribution in [1.29, 1.82) is 0 Å². The minimum Gasteiger partial charge on any atom is -0.385 e. The molecule has 0 fully saturated rings. The normalized spacial score (nSPS) is 10.8. The lowest BCUT2D eigenvalue weighted by atomic mass is 10.2. The lowest BCUT2D eigenvalue weighted by Gasteiger charge is -2.03. The number of hydrogen-bond donors (Lipinski definition) is 1. The Morgan fingerprint density at radius 1 is 0.933 bits per heavy atom. The summed E-state index contributed by atoms with van der Waals surface area (Å²) in [6.45, 7) is 2.56. The molecule has 0 aromatic rings. The molecule has 2 nitrogen and oxygen atoms in total. The standard InChI is InChI=1S/C11H24O2S2/c1-12-6-4-2-3-5-10-15-11-8-13-7-9-14/h14H,2-11H2,1H3. The average molecular weight is 252 g/mol. The Morgan fingerprint density at radius 2 is 1.73 bits per heavy atom. The zero-order valence-corrected chi connectivity index (χ0v) is 11.5. The summed E-state index contributed by atoms with van der Waals surface area (Å²) in [5.41, 5.74) is 0. The summed E-state index contributed by atoms with van der Waals surface area (Å²) in [6.07, 6.45) is 5.14. The van der Waals surface area contributed by atoms with Crippen LogP contribution < -0.4 is 0 Å². The Morgan fingerprint density at radius 3 is 2.47 bits per heavy atom. The Bertz CT molecular complexity index is 101. The fourth-order valence-corrected chi connectivity index (χ4v) is 2.17. The van der Waals surface area contributed by atoms with E-state index in [-0.39, 0.29) is 0 Å². The minimum atomic E-state index is 0.778. The van der Waals surface area contributed by atoms with Gasteiger partial charge in [0.2, 0.25) is 0 Å². The van der Waals surface area contributed by atoms with Crippen LogP contribution in [0.5, 0.6) is 0 Å². The van der Waals surface area contributed by atoms with Crippen molar-refractivity contribution in [1.82, 2.24) is 0 Å². The predicted octanol–water partition coefficient (Wildman–Crippen LogP) is 2.87. The second-order valence-electron chi connectivity index (χ2n) is 3.36. The van der Waals surface area contributed by atoms with E-state index in [1.54, 1.807) is 7.11 Å². The molecule has 0 radical (unpaired) electrons. The van der Waals surface area contributed by atoms with E-state index < -0.39 is 0 Å². The van der Waals surface area contributed by atoms with Crippen molar-refractivity contribution >= 4 is 24.4 Å². The van der Waals surface area contributed by atoms with E-state index >= 15 is 0 Å². The van der Waals surface area contributed by atoms with Crippen LogP contribution in [-0.2, 0) is 9.47 Å². The van der Waals surface area contributed by atoms with E-state index in [0.717, 1.165) is 31.3 Å². The largest absolute Gasteiger partial charge is 0.385 e. The first-order valence-corrected chi connectivity index (χ1v) is 7.46. The quantitative estimate of drug-likeness (QED) is 0.425.